The summed E-state index contributed by atoms with van der Waals surface area (Å²) >= 11 is 0. The Hall–Kier alpha value is -3.06. The number of aromatic nitrogens is 2. The molecule has 1 aliphatic rings. The molecular formula is C23H24F2N4O. The van der Waals surface area contributed by atoms with Gasteiger partial charge >= 0.3 is 0 Å². The lowest BCUT2D eigenvalue weighted by Crippen LogP contribution is -2.35. The molecule has 1 aromatic heterocycles. The minimum absolute atomic E-state index is 0.0375. The minimum Gasteiger partial charge on any atom is -0.337 e. The van der Waals surface area contributed by atoms with E-state index in [-0.39, 0.29) is 17.5 Å². The summed E-state index contributed by atoms with van der Waals surface area (Å²) in [5.74, 6) is -0.581. The number of amides is 1. The van der Waals surface area contributed by atoms with Crippen LogP contribution in [0.25, 0.3) is 5.69 Å². The first kappa shape index (κ1) is 20.2. The van der Waals surface area contributed by atoms with Crippen molar-refractivity contribution in [3.63, 3.8) is 0 Å². The maximum absolute atomic E-state index is 13.2. The quantitative estimate of drug-likeness (QED) is 0.657. The van der Waals surface area contributed by atoms with Gasteiger partial charge in [-0.15, -0.1) is 0 Å². The van der Waals surface area contributed by atoms with Crippen LogP contribution in [-0.2, 0) is 6.54 Å². The monoisotopic (exact) mass is 410 g/mol. The number of carbonyl (C=O) groups excluding carboxylic acids is 1. The lowest BCUT2D eigenvalue weighted by atomic mass is 10.2. The van der Waals surface area contributed by atoms with Gasteiger partial charge in [-0.25, -0.2) is 13.5 Å². The van der Waals surface area contributed by atoms with Crippen molar-refractivity contribution in [2.24, 2.45) is 0 Å². The van der Waals surface area contributed by atoms with E-state index in [9.17, 15) is 13.6 Å². The Balaban J connectivity index is 1.43. The van der Waals surface area contributed by atoms with Crippen molar-refractivity contribution in [1.82, 2.24) is 19.6 Å². The number of carbonyl (C=O) groups is 1. The van der Waals surface area contributed by atoms with Crippen molar-refractivity contribution in [2.45, 2.75) is 19.9 Å². The van der Waals surface area contributed by atoms with Gasteiger partial charge in [0.15, 0.2) is 0 Å². The summed E-state index contributed by atoms with van der Waals surface area (Å²) in [6, 6.07) is 12.6. The molecule has 1 aliphatic heterocycles. The predicted molar refractivity (Wildman–Crippen MR) is 110 cm³/mol. The molecule has 1 fully saturated rings. The molecule has 30 heavy (non-hydrogen) atoms. The highest BCUT2D eigenvalue weighted by atomic mass is 19.1. The summed E-state index contributed by atoms with van der Waals surface area (Å²) in [6.45, 7) is 5.54. The normalized spacial score (nSPS) is 15.2. The van der Waals surface area contributed by atoms with E-state index in [1.165, 1.54) is 24.3 Å². The second-order valence-electron chi connectivity index (χ2n) is 7.58. The first-order chi connectivity index (χ1) is 14.5. The van der Waals surface area contributed by atoms with E-state index in [2.05, 4.69) is 10.00 Å². The van der Waals surface area contributed by atoms with Crippen molar-refractivity contribution in [1.29, 1.82) is 0 Å². The topological polar surface area (TPSA) is 41.4 Å². The van der Waals surface area contributed by atoms with Gasteiger partial charge in [-0.2, -0.15) is 5.10 Å². The van der Waals surface area contributed by atoms with Crippen LogP contribution in [0, 0.1) is 18.6 Å². The minimum atomic E-state index is -0.311. The van der Waals surface area contributed by atoms with E-state index in [1.54, 1.807) is 35.1 Å². The molecule has 0 spiro atoms. The molecule has 156 valence electrons. The third kappa shape index (κ3) is 4.41. The molecule has 0 unspecified atom stereocenters. The summed E-state index contributed by atoms with van der Waals surface area (Å²) in [7, 11) is 0. The second-order valence-corrected chi connectivity index (χ2v) is 7.58. The Bertz CT molecular complexity index is 1010. The van der Waals surface area contributed by atoms with Crippen LogP contribution >= 0.6 is 0 Å². The van der Waals surface area contributed by atoms with Gasteiger partial charge in [0.1, 0.15) is 11.6 Å². The highest BCUT2D eigenvalue weighted by Gasteiger charge is 2.24. The van der Waals surface area contributed by atoms with Gasteiger partial charge in [0.05, 0.1) is 23.1 Å². The molecule has 1 saturated heterocycles. The first-order valence-electron chi connectivity index (χ1n) is 10.1. The van der Waals surface area contributed by atoms with Crippen molar-refractivity contribution >= 4 is 5.91 Å². The number of nitrogens with zero attached hydrogens (tertiary/aromatic N) is 4. The lowest BCUT2D eigenvalue weighted by Gasteiger charge is -2.22. The van der Waals surface area contributed by atoms with Crippen molar-refractivity contribution in [2.75, 3.05) is 26.2 Å². The third-order valence-electron chi connectivity index (χ3n) is 5.51. The Kier molecular flexibility index (Phi) is 5.90. The molecule has 7 heteroatoms. The fraction of sp³-hybridized carbons (Fsp3) is 0.304. The van der Waals surface area contributed by atoms with Crippen LogP contribution in [-0.4, -0.2) is 51.7 Å². The van der Waals surface area contributed by atoms with Crippen LogP contribution in [0.1, 0.15) is 28.0 Å². The average Bonchev–Trinajstić information content (AvgIpc) is 2.97. The molecule has 3 aromatic rings. The molecule has 0 saturated carbocycles. The van der Waals surface area contributed by atoms with Crippen molar-refractivity contribution in [3.8, 4) is 5.69 Å². The summed E-state index contributed by atoms with van der Waals surface area (Å²) in [5.41, 5.74) is 3.08. The van der Waals surface area contributed by atoms with Gasteiger partial charge in [0.25, 0.3) is 5.91 Å². The van der Waals surface area contributed by atoms with E-state index in [4.69, 9.17) is 0 Å². The van der Waals surface area contributed by atoms with E-state index >= 15 is 0 Å². The Morgan fingerprint density at radius 3 is 2.30 bits per heavy atom. The van der Waals surface area contributed by atoms with Gasteiger partial charge in [-0.05, 0) is 55.3 Å². The molecule has 5 nitrogen and oxygen atoms in total. The van der Waals surface area contributed by atoms with Crippen LogP contribution in [0.4, 0.5) is 8.78 Å². The lowest BCUT2D eigenvalue weighted by molar-refractivity contribution is 0.0760. The molecule has 2 aromatic carbocycles. The molecule has 2 heterocycles. The molecule has 0 radical (unpaired) electrons. The standard InChI is InChI=1S/C23H24F2N4O/c1-17-22(15-26-29(17)21-9-7-20(25)8-10-21)23(30)28-12-2-11-27(13-14-28)16-18-3-5-19(24)6-4-18/h3-10,15H,2,11-14,16H2,1H3. The van der Waals surface area contributed by atoms with Gasteiger partial charge in [0.2, 0.25) is 0 Å². The highest BCUT2D eigenvalue weighted by Crippen LogP contribution is 2.18. The molecule has 1 amide bonds. The average molecular weight is 410 g/mol. The molecule has 0 aliphatic carbocycles. The van der Waals surface area contributed by atoms with Gasteiger partial charge < -0.3 is 4.90 Å². The highest BCUT2D eigenvalue weighted by molar-refractivity contribution is 5.95. The molecule has 0 N–H and O–H groups in total. The zero-order chi connectivity index (χ0) is 21.1. The number of benzene rings is 2. The zero-order valence-corrected chi connectivity index (χ0v) is 16.9. The van der Waals surface area contributed by atoms with E-state index < -0.39 is 0 Å². The van der Waals surface area contributed by atoms with E-state index in [0.717, 1.165) is 37.3 Å². The van der Waals surface area contributed by atoms with Gasteiger partial charge in [-0.1, -0.05) is 12.1 Å². The van der Waals surface area contributed by atoms with Crippen molar-refractivity contribution in [3.05, 3.63) is 83.2 Å². The Labute approximate surface area is 174 Å². The zero-order valence-electron chi connectivity index (χ0n) is 16.9. The smallest absolute Gasteiger partial charge is 0.257 e. The summed E-state index contributed by atoms with van der Waals surface area (Å²) in [6.07, 6.45) is 2.46. The Morgan fingerprint density at radius 1 is 0.933 bits per heavy atom. The molecular weight excluding hydrogens is 386 g/mol. The van der Waals surface area contributed by atoms with E-state index in [0.29, 0.717) is 24.3 Å². The second kappa shape index (κ2) is 8.75. The first-order valence-corrected chi connectivity index (χ1v) is 10.1. The van der Waals surface area contributed by atoms with Gasteiger partial charge in [-0.3, -0.25) is 9.69 Å². The van der Waals surface area contributed by atoms with Crippen LogP contribution in [0.5, 0.6) is 0 Å². The summed E-state index contributed by atoms with van der Waals surface area (Å²) < 4.78 is 28.0. The summed E-state index contributed by atoms with van der Waals surface area (Å²) in [5, 5.41) is 4.34. The molecule has 0 atom stereocenters. The van der Waals surface area contributed by atoms with Crippen LogP contribution in [0.2, 0.25) is 0 Å². The number of halogens is 2. The Morgan fingerprint density at radius 2 is 1.60 bits per heavy atom. The summed E-state index contributed by atoms with van der Waals surface area (Å²) in [4.78, 5) is 17.3. The van der Waals surface area contributed by atoms with Gasteiger partial charge in [0, 0.05) is 32.7 Å². The number of rotatable bonds is 4. The van der Waals surface area contributed by atoms with Crippen LogP contribution < -0.4 is 0 Å². The maximum Gasteiger partial charge on any atom is 0.257 e. The fourth-order valence-corrected chi connectivity index (χ4v) is 3.81. The van der Waals surface area contributed by atoms with Crippen molar-refractivity contribution < 1.29 is 13.6 Å². The largest absolute Gasteiger partial charge is 0.337 e. The van der Waals surface area contributed by atoms with Crippen LogP contribution in [0.15, 0.2) is 54.7 Å². The third-order valence-corrected chi connectivity index (χ3v) is 5.51. The van der Waals surface area contributed by atoms with E-state index in [1.807, 2.05) is 11.8 Å². The van der Waals surface area contributed by atoms with Crippen LogP contribution in [0.3, 0.4) is 0 Å². The SMILES string of the molecule is Cc1c(C(=O)N2CCCN(Cc3ccc(F)cc3)CC2)cnn1-c1ccc(F)cc1. The number of hydrogen-bond acceptors (Lipinski definition) is 3. The number of hydrogen-bond donors (Lipinski definition) is 0. The maximum atomic E-state index is 13.2. The molecule has 4 rings (SSSR count). The predicted octanol–water partition coefficient (Wildman–Crippen LogP) is 3.81. The fourth-order valence-electron chi connectivity index (χ4n) is 3.81. The molecule has 0 bridgehead atoms.